The van der Waals surface area contributed by atoms with Crippen molar-refractivity contribution in [3.05, 3.63) is 69.3 Å². The number of rotatable bonds is 4. The lowest BCUT2D eigenvalue weighted by Gasteiger charge is -2.16. The maximum atomic E-state index is 13.0. The van der Waals surface area contributed by atoms with Gasteiger partial charge in [0.1, 0.15) is 5.82 Å². The first-order chi connectivity index (χ1) is 16.8. The first-order valence-corrected chi connectivity index (χ1v) is 12.0. The monoisotopic (exact) mass is 473 g/mol. The molecular formula is C27H27N3O5. The molecule has 1 amide bonds. The molecule has 2 aliphatic heterocycles. The van der Waals surface area contributed by atoms with Crippen LogP contribution in [-0.4, -0.2) is 39.9 Å². The van der Waals surface area contributed by atoms with E-state index in [1.165, 1.54) is 6.92 Å². The highest BCUT2D eigenvalue weighted by Gasteiger charge is 2.26. The molecule has 1 aromatic heterocycles. The van der Waals surface area contributed by atoms with Crippen LogP contribution in [0.15, 0.2) is 41.2 Å². The topological polar surface area (TPSA) is 98.6 Å². The number of nitrogens with zero attached hydrogens (tertiary/aromatic N) is 3. The molecule has 0 fully saturated rings. The van der Waals surface area contributed by atoms with Gasteiger partial charge in [-0.1, -0.05) is 6.42 Å². The number of benzene rings is 2. The number of aromatic nitrogens is 2. The van der Waals surface area contributed by atoms with Gasteiger partial charge in [-0.15, -0.1) is 0 Å². The second-order valence-corrected chi connectivity index (χ2v) is 9.20. The van der Waals surface area contributed by atoms with Gasteiger partial charge in [0.15, 0.2) is 6.10 Å². The van der Waals surface area contributed by atoms with E-state index in [9.17, 15) is 19.2 Å². The van der Waals surface area contributed by atoms with Gasteiger partial charge in [0.25, 0.3) is 5.56 Å². The van der Waals surface area contributed by atoms with Gasteiger partial charge in [-0.25, -0.2) is 9.78 Å². The van der Waals surface area contributed by atoms with Crippen LogP contribution >= 0.6 is 0 Å². The predicted octanol–water partition coefficient (Wildman–Crippen LogP) is 3.46. The van der Waals surface area contributed by atoms with Crippen LogP contribution in [0.25, 0.3) is 10.9 Å². The summed E-state index contributed by atoms with van der Waals surface area (Å²) in [6.45, 7) is 4.32. The molecule has 0 saturated heterocycles. The molecule has 5 rings (SSSR count). The molecule has 0 unspecified atom stereocenters. The number of hydrogen-bond donors (Lipinski definition) is 0. The predicted molar refractivity (Wildman–Crippen MR) is 131 cm³/mol. The molecule has 0 spiro atoms. The Bertz CT molecular complexity index is 1420. The third-order valence-electron chi connectivity index (χ3n) is 6.84. The van der Waals surface area contributed by atoms with Crippen molar-refractivity contribution < 1.29 is 19.1 Å². The maximum absolute atomic E-state index is 13.0. The van der Waals surface area contributed by atoms with Crippen molar-refractivity contribution >= 4 is 34.3 Å². The van der Waals surface area contributed by atoms with Crippen molar-refractivity contribution in [2.75, 3.05) is 11.4 Å². The van der Waals surface area contributed by atoms with Crippen molar-refractivity contribution in [1.29, 1.82) is 0 Å². The summed E-state index contributed by atoms with van der Waals surface area (Å²) in [6, 6.07) is 9.90. The normalized spacial score (nSPS) is 15.8. The molecule has 0 N–H and O–H groups in total. The van der Waals surface area contributed by atoms with E-state index in [-0.39, 0.29) is 22.8 Å². The number of carbonyl (C=O) groups is 3. The van der Waals surface area contributed by atoms with Crippen LogP contribution in [0.5, 0.6) is 0 Å². The fourth-order valence-electron chi connectivity index (χ4n) is 4.94. The summed E-state index contributed by atoms with van der Waals surface area (Å²) in [7, 11) is 0. The average Bonchev–Trinajstić information content (AvgIpc) is 3.13. The third-order valence-corrected chi connectivity index (χ3v) is 6.84. The van der Waals surface area contributed by atoms with Crippen LogP contribution in [0.4, 0.5) is 5.69 Å². The van der Waals surface area contributed by atoms with E-state index in [1.54, 1.807) is 52.8 Å². The van der Waals surface area contributed by atoms with Crippen molar-refractivity contribution in [2.45, 2.75) is 58.6 Å². The molecule has 2 aliphatic rings. The van der Waals surface area contributed by atoms with Gasteiger partial charge in [-0.05, 0) is 68.1 Å². The van der Waals surface area contributed by atoms with Crippen LogP contribution < -0.4 is 10.5 Å². The SMILES string of the molecule is CC(=O)N1CCc2cc(C(=O)[C@H](C)OC(=O)c3ccc4c(=O)n5c(nc4c3)CCCCC5)ccc21. The van der Waals surface area contributed by atoms with E-state index >= 15 is 0 Å². The number of hydrogen-bond acceptors (Lipinski definition) is 6. The van der Waals surface area contributed by atoms with E-state index in [1.807, 2.05) is 0 Å². The molecule has 0 radical (unpaired) electrons. The lowest BCUT2D eigenvalue weighted by Crippen LogP contribution is -2.26. The number of fused-ring (bicyclic) bond motifs is 3. The molecule has 0 saturated carbocycles. The zero-order valence-corrected chi connectivity index (χ0v) is 19.9. The number of aryl methyl sites for hydroxylation is 1. The van der Waals surface area contributed by atoms with Gasteiger partial charge in [0, 0.05) is 37.7 Å². The fraction of sp³-hybridized carbons (Fsp3) is 0.370. The molecule has 8 nitrogen and oxygen atoms in total. The summed E-state index contributed by atoms with van der Waals surface area (Å²) in [4.78, 5) is 56.8. The second kappa shape index (κ2) is 9.09. The average molecular weight is 474 g/mol. The standard InChI is InChI=1S/C27H27N3O5/c1-16(25(32)19-8-10-23-18(14-19)11-13-29(23)17(2)31)35-27(34)20-7-9-21-22(15-20)28-24-6-4-3-5-12-30(24)26(21)33/h7-10,14-16H,3-6,11-13H2,1-2H3/t16-/m0/s1. The van der Waals surface area contributed by atoms with Gasteiger partial charge in [0.2, 0.25) is 11.7 Å². The third kappa shape index (κ3) is 4.24. The lowest BCUT2D eigenvalue weighted by molar-refractivity contribution is -0.116. The molecule has 1 atom stereocenters. The molecule has 3 aromatic rings. The summed E-state index contributed by atoms with van der Waals surface area (Å²) in [5, 5.41) is 0.467. The maximum Gasteiger partial charge on any atom is 0.338 e. The van der Waals surface area contributed by atoms with Crippen molar-refractivity contribution in [3.8, 4) is 0 Å². The number of Topliss-reactive ketones (excluding diaryl/α,β-unsaturated/α-hetero) is 1. The van der Waals surface area contributed by atoms with E-state index in [0.29, 0.717) is 36.0 Å². The molecule has 3 heterocycles. The number of ether oxygens (including phenoxy) is 1. The highest BCUT2D eigenvalue weighted by atomic mass is 16.5. The van der Waals surface area contributed by atoms with E-state index in [4.69, 9.17) is 4.74 Å². The Morgan fingerprint density at radius 3 is 2.57 bits per heavy atom. The van der Waals surface area contributed by atoms with Gasteiger partial charge < -0.3 is 9.64 Å². The minimum atomic E-state index is -0.993. The van der Waals surface area contributed by atoms with Gasteiger partial charge in [-0.2, -0.15) is 0 Å². The quantitative estimate of drug-likeness (QED) is 0.425. The smallest absolute Gasteiger partial charge is 0.338 e. The van der Waals surface area contributed by atoms with Gasteiger partial charge in [0.05, 0.1) is 16.5 Å². The lowest BCUT2D eigenvalue weighted by atomic mass is 10.0. The zero-order chi connectivity index (χ0) is 24.7. The molecule has 0 aliphatic carbocycles. The summed E-state index contributed by atoms with van der Waals surface area (Å²) in [6.07, 6.45) is 3.41. The van der Waals surface area contributed by atoms with E-state index in [0.717, 1.165) is 42.8 Å². The molecule has 0 bridgehead atoms. The van der Waals surface area contributed by atoms with E-state index in [2.05, 4.69) is 4.98 Å². The highest BCUT2D eigenvalue weighted by Crippen LogP contribution is 2.29. The van der Waals surface area contributed by atoms with E-state index < -0.39 is 12.1 Å². The zero-order valence-electron chi connectivity index (χ0n) is 19.9. The Morgan fingerprint density at radius 2 is 1.77 bits per heavy atom. The van der Waals surface area contributed by atoms with Gasteiger partial charge in [-0.3, -0.25) is 19.0 Å². The van der Waals surface area contributed by atoms with Crippen LogP contribution in [0.2, 0.25) is 0 Å². The fourth-order valence-corrected chi connectivity index (χ4v) is 4.94. The molecule has 35 heavy (non-hydrogen) atoms. The number of amides is 1. The van der Waals surface area contributed by atoms with Crippen LogP contribution in [-0.2, 0) is 28.9 Å². The van der Waals surface area contributed by atoms with Crippen molar-refractivity contribution in [1.82, 2.24) is 9.55 Å². The van der Waals surface area contributed by atoms with Gasteiger partial charge >= 0.3 is 5.97 Å². The van der Waals surface area contributed by atoms with Crippen molar-refractivity contribution in [3.63, 3.8) is 0 Å². The number of esters is 1. The highest BCUT2D eigenvalue weighted by molar-refractivity contribution is 6.03. The Morgan fingerprint density at radius 1 is 0.971 bits per heavy atom. The summed E-state index contributed by atoms with van der Waals surface area (Å²) < 4.78 is 7.22. The number of carbonyl (C=O) groups excluding carboxylic acids is 3. The minimum Gasteiger partial charge on any atom is -0.451 e. The molecule has 2 aromatic carbocycles. The first-order valence-electron chi connectivity index (χ1n) is 12.0. The Hall–Kier alpha value is -3.81. The van der Waals surface area contributed by atoms with Crippen molar-refractivity contribution in [2.24, 2.45) is 0 Å². The largest absolute Gasteiger partial charge is 0.451 e. The first kappa shape index (κ1) is 23.0. The summed E-state index contributed by atoms with van der Waals surface area (Å²) >= 11 is 0. The summed E-state index contributed by atoms with van der Waals surface area (Å²) in [5.74, 6) is -0.249. The Balaban J connectivity index is 1.34. The molecule has 180 valence electrons. The van der Waals surface area contributed by atoms with Crippen LogP contribution in [0.1, 0.15) is 65.2 Å². The minimum absolute atomic E-state index is 0.0336. The summed E-state index contributed by atoms with van der Waals surface area (Å²) in [5.41, 5.74) is 2.80. The second-order valence-electron chi connectivity index (χ2n) is 9.20. The number of anilines is 1. The molecule has 8 heteroatoms. The number of ketones is 1. The molecular weight excluding hydrogens is 446 g/mol. The Labute approximate surface area is 202 Å². The van der Waals surface area contributed by atoms with Crippen LogP contribution in [0.3, 0.4) is 0 Å². The van der Waals surface area contributed by atoms with Crippen LogP contribution in [0, 0.1) is 0 Å². The Kier molecular flexibility index (Phi) is 5.96.